The maximum absolute atomic E-state index is 11.8. The molecule has 1 aliphatic rings. The molecule has 0 saturated heterocycles. The van der Waals surface area contributed by atoms with Crippen LogP contribution in [0.1, 0.15) is 34.1 Å². The number of carbonyl (C=O) groups is 1. The zero-order valence-corrected chi connectivity index (χ0v) is 17.1. The van der Waals surface area contributed by atoms with Crippen molar-refractivity contribution in [2.24, 2.45) is 15.8 Å². The fraction of sp³-hybridized carbons (Fsp3) is 0.867. The van der Waals surface area contributed by atoms with Crippen LogP contribution in [-0.4, -0.2) is 51.8 Å². The van der Waals surface area contributed by atoms with Crippen LogP contribution >= 0.6 is 24.0 Å². The molecule has 2 atom stereocenters. The van der Waals surface area contributed by atoms with Gasteiger partial charge in [-0.15, -0.1) is 24.0 Å². The lowest BCUT2D eigenvalue weighted by molar-refractivity contribution is -0.128. The quantitative estimate of drug-likeness (QED) is 0.353. The molecule has 0 spiro atoms. The van der Waals surface area contributed by atoms with Gasteiger partial charge in [-0.1, -0.05) is 13.8 Å². The minimum absolute atomic E-state index is 0. The predicted octanol–water partition coefficient (Wildman–Crippen LogP) is 1.36. The predicted molar refractivity (Wildman–Crippen MR) is 101 cm³/mol. The van der Waals surface area contributed by atoms with Crippen LogP contribution in [0.2, 0.25) is 0 Å². The van der Waals surface area contributed by atoms with Gasteiger partial charge in [0.25, 0.3) is 0 Å². The topological polar surface area (TPSA) is 74.8 Å². The molecular formula is C15H31IN4O2. The summed E-state index contributed by atoms with van der Waals surface area (Å²) in [6.45, 7) is 8.70. The first-order chi connectivity index (χ1) is 9.68. The summed E-state index contributed by atoms with van der Waals surface area (Å²) in [5.41, 5.74) is -0.417. The Kier molecular flexibility index (Phi) is 8.11. The van der Waals surface area contributed by atoms with Gasteiger partial charge >= 0.3 is 0 Å². The summed E-state index contributed by atoms with van der Waals surface area (Å²) < 4.78 is 5.45. The summed E-state index contributed by atoms with van der Waals surface area (Å²) in [4.78, 5) is 16.0. The van der Waals surface area contributed by atoms with Crippen LogP contribution in [0, 0.1) is 10.8 Å². The molecule has 1 saturated carbocycles. The van der Waals surface area contributed by atoms with E-state index in [4.69, 9.17) is 4.74 Å². The molecule has 7 heteroatoms. The van der Waals surface area contributed by atoms with Crippen LogP contribution in [0.4, 0.5) is 0 Å². The van der Waals surface area contributed by atoms with Crippen molar-refractivity contribution in [2.75, 3.05) is 27.7 Å². The Morgan fingerprint density at radius 2 is 2.00 bits per heavy atom. The molecule has 0 heterocycles. The molecule has 6 nitrogen and oxygen atoms in total. The van der Waals surface area contributed by atoms with Gasteiger partial charge in [0.1, 0.15) is 0 Å². The van der Waals surface area contributed by atoms with Crippen molar-refractivity contribution in [1.29, 1.82) is 0 Å². The van der Waals surface area contributed by atoms with E-state index in [9.17, 15) is 4.79 Å². The van der Waals surface area contributed by atoms with Crippen LogP contribution < -0.4 is 16.0 Å². The van der Waals surface area contributed by atoms with Crippen LogP contribution in [0.15, 0.2) is 4.99 Å². The van der Waals surface area contributed by atoms with E-state index in [1.54, 1.807) is 21.2 Å². The van der Waals surface area contributed by atoms with Crippen LogP contribution in [0.25, 0.3) is 0 Å². The average Bonchev–Trinajstić information content (AvgIpc) is 2.44. The fourth-order valence-electron chi connectivity index (χ4n) is 2.61. The van der Waals surface area contributed by atoms with Crippen molar-refractivity contribution in [3.63, 3.8) is 0 Å². The number of methoxy groups -OCH3 is 1. The summed E-state index contributed by atoms with van der Waals surface area (Å²) >= 11 is 0. The summed E-state index contributed by atoms with van der Waals surface area (Å²) in [6.07, 6.45) is 1.23. The second kappa shape index (κ2) is 8.33. The third kappa shape index (κ3) is 4.71. The molecule has 0 radical (unpaired) electrons. The maximum atomic E-state index is 11.8. The number of rotatable bonds is 5. The highest BCUT2D eigenvalue weighted by Gasteiger charge is 2.49. The van der Waals surface area contributed by atoms with E-state index >= 15 is 0 Å². The number of hydrogen-bond donors (Lipinski definition) is 3. The van der Waals surface area contributed by atoms with E-state index < -0.39 is 5.41 Å². The number of halogens is 1. The second-order valence-electron chi connectivity index (χ2n) is 6.87. The van der Waals surface area contributed by atoms with Gasteiger partial charge in [0, 0.05) is 39.2 Å². The van der Waals surface area contributed by atoms with Gasteiger partial charge in [-0.3, -0.25) is 9.79 Å². The molecule has 0 bridgehead atoms. The summed E-state index contributed by atoms with van der Waals surface area (Å²) in [5.74, 6) is 0.730. The first kappa shape index (κ1) is 21.4. The largest absolute Gasteiger partial charge is 0.381 e. The van der Waals surface area contributed by atoms with Crippen molar-refractivity contribution in [1.82, 2.24) is 16.0 Å². The fourth-order valence-corrected chi connectivity index (χ4v) is 2.61. The van der Waals surface area contributed by atoms with Crippen molar-refractivity contribution < 1.29 is 9.53 Å². The third-order valence-corrected chi connectivity index (χ3v) is 4.54. The molecule has 3 N–H and O–H groups in total. The Morgan fingerprint density at radius 3 is 2.41 bits per heavy atom. The van der Waals surface area contributed by atoms with Crippen LogP contribution in [0.5, 0.6) is 0 Å². The van der Waals surface area contributed by atoms with Gasteiger partial charge in [-0.2, -0.15) is 0 Å². The molecule has 1 aliphatic carbocycles. The number of nitrogens with one attached hydrogen (secondary N) is 3. The molecule has 0 aliphatic heterocycles. The normalized spacial score (nSPS) is 23.9. The van der Waals surface area contributed by atoms with E-state index in [2.05, 4.69) is 34.8 Å². The number of amides is 1. The second-order valence-corrected chi connectivity index (χ2v) is 6.87. The maximum Gasteiger partial charge on any atom is 0.227 e. The number of guanidine groups is 1. The van der Waals surface area contributed by atoms with Gasteiger partial charge in [0.05, 0.1) is 11.5 Å². The average molecular weight is 426 g/mol. The molecule has 22 heavy (non-hydrogen) atoms. The monoisotopic (exact) mass is 426 g/mol. The van der Waals surface area contributed by atoms with Gasteiger partial charge < -0.3 is 20.7 Å². The van der Waals surface area contributed by atoms with Gasteiger partial charge in [0.15, 0.2) is 5.96 Å². The minimum Gasteiger partial charge on any atom is -0.381 e. The van der Waals surface area contributed by atoms with Crippen LogP contribution in [0.3, 0.4) is 0 Å². The molecule has 2 unspecified atom stereocenters. The Bertz CT molecular complexity index is 410. The standard InChI is InChI=1S/C15H30N4O2.HI/c1-14(2,12(20)16-5)9-18-13(17-6)19-10-8-11(21-7)15(10,3)4;/h10-11H,8-9H2,1-7H3,(H,16,20)(H2,17,18,19);1H. The Labute approximate surface area is 151 Å². The lowest BCUT2D eigenvalue weighted by atomic mass is 9.64. The van der Waals surface area contributed by atoms with E-state index in [-0.39, 0.29) is 41.4 Å². The third-order valence-electron chi connectivity index (χ3n) is 4.54. The van der Waals surface area contributed by atoms with Crippen molar-refractivity contribution in [2.45, 2.75) is 46.3 Å². The zero-order valence-electron chi connectivity index (χ0n) is 14.7. The summed E-state index contributed by atoms with van der Waals surface area (Å²) in [7, 11) is 5.14. The highest BCUT2D eigenvalue weighted by molar-refractivity contribution is 14.0. The molecule has 130 valence electrons. The lowest BCUT2D eigenvalue weighted by Crippen LogP contribution is -2.63. The van der Waals surface area contributed by atoms with E-state index in [0.717, 1.165) is 12.4 Å². The van der Waals surface area contributed by atoms with E-state index in [1.807, 2.05) is 13.8 Å². The smallest absolute Gasteiger partial charge is 0.227 e. The number of ether oxygens (including phenoxy) is 1. The van der Waals surface area contributed by atoms with E-state index in [0.29, 0.717) is 12.6 Å². The molecule has 0 aromatic heterocycles. The minimum atomic E-state index is -0.490. The van der Waals surface area contributed by atoms with Gasteiger partial charge in [-0.05, 0) is 20.3 Å². The molecule has 0 aromatic rings. The summed E-state index contributed by atoms with van der Waals surface area (Å²) in [6, 6.07) is 0.316. The van der Waals surface area contributed by atoms with Gasteiger partial charge in [-0.25, -0.2) is 0 Å². The Hall–Kier alpha value is -0.570. The summed E-state index contributed by atoms with van der Waals surface area (Å²) in [5, 5.41) is 9.33. The number of carbonyl (C=O) groups excluding carboxylic acids is 1. The number of nitrogens with zero attached hydrogens (tertiary/aromatic N) is 1. The Balaban J connectivity index is 0.00000441. The zero-order chi connectivity index (χ0) is 16.3. The molecule has 0 aromatic carbocycles. The molecule has 1 rings (SSSR count). The molecule has 1 fully saturated rings. The highest BCUT2D eigenvalue weighted by Crippen LogP contribution is 2.42. The Morgan fingerprint density at radius 1 is 1.41 bits per heavy atom. The van der Waals surface area contributed by atoms with Crippen molar-refractivity contribution in [3.05, 3.63) is 0 Å². The number of aliphatic imine (C=N–C) groups is 1. The molecular weight excluding hydrogens is 395 g/mol. The first-order valence-corrected chi connectivity index (χ1v) is 7.41. The first-order valence-electron chi connectivity index (χ1n) is 7.41. The lowest BCUT2D eigenvalue weighted by Gasteiger charge is -2.51. The van der Waals surface area contributed by atoms with Crippen molar-refractivity contribution in [3.8, 4) is 0 Å². The number of hydrogen-bond acceptors (Lipinski definition) is 3. The van der Waals surface area contributed by atoms with Crippen molar-refractivity contribution >= 4 is 35.8 Å². The molecule has 1 amide bonds. The van der Waals surface area contributed by atoms with Gasteiger partial charge in [0.2, 0.25) is 5.91 Å². The van der Waals surface area contributed by atoms with E-state index in [1.165, 1.54) is 0 Å². The highest BCUT2D eigenvalue weighted by atomic mass is 127. The van der Waals surface area contributed by atoms with Crippen LogP contribution in [-0.2, 0) is 9.53 Å². The SMILES string of the molecule is CN=C(NCC(C)(C)C(=O)NC)NC1CC(OC)C1(C)C.I.